The Hall–Kier alpha value is -1.56. The number of aliphatic hydroxyl groups is 1. The average molecular weight is 255 g/mol. The molecule has 1 heterocycles. The van der Waals surface area contributed by atoms with Crippen molar-refractivity contribution in [2.24, 2.45) is 7.05 Å². The van der Waals surface area contributed by atoms with E-state index in [-0.39, 0.29) is 12.5 Å². The zero-order chi connectivity index (χ0) is 13.4. The minimum Gasteiger partial charge on any atom is -0.481 e. The highest BCUT2D eigenvalue weighted by Crippen LogP contribution is 2.10. The van der Waals surface area contributed by atoms with Crippen molar-refractivity contribution < 1.29 is 14.6 Å². The number of unbranched alkanes of at least 4 members (excludes halogenated alkanes) is 3. The molecule has 0 unspecified atom stereocenters. The van der Waals surface area contributed by atoms with E-state index in [0.717, 1.165) is 25.7 Å². The largest absolute Gasteiger partial charge is 0.481 e. The standard InChI is InChI=1S/C12H21N3O3/c1-15-11(18-2)9-10(14-15)12(17)13-7-5-3-4-6-8-16/h9,16H,3-8H2,1-2H3,(H,13,17). The summed E-state index contributed by atoms with van der Waals surface area (Å²) >= 11 is 0. The molecule has 0 saturated heterocycles. The van der Waals surface area contributed by atoms with Gasteiger partial charge in [0.1, 0.15) is 0 Å². The van der Waals surface area contributed by atoms with Crippen LogP contribution in [-0.4, -0.2) is 41.1 Å². The predicted molar refractivity (Wildman–Crippen MR) is 67.6 cm³/mol. The summed E-state index contributed by atoms with van der Waals surface area (Å²) < 4.78 is 6.57. The highest BCUT2D eigenvalue weighted by Gasteiger charge is 2.12. The van der Waals surface area contributed by atoms with Crippen LogP contribution in [0.25, 0.3) is 0 Å². The fourth-order valence-corrected chi connectivity index (χ4v) is 1.63. The van der Waals surface area contributed by atoms with Gasteiger partial charge in [-0.3, -0.25) is 4.79 Å². The third-order valence-electron chi connectivity index (χ3n) is 2.65. The summed E-state index contributed by atoms with van der Waals surface area (Å²) in [5.41, 5.74) is 0.365. The van der Waals surface area contributed by atoms with Crippen molar-refractivity contribution in [3.63, 3.8) is 0 Å². The van der Waals surface area contributed by atoms with Crippen molar-refractivity contribution in [3.8, 4) is 5.88 Å². The molecule has 18 heavy (non-hydrogen) atoms. The van der Waals surface area contributed by atoms with Gasteiger partial charge in [-0.1, -0.05) is 12.8 Å². The van der Waals surface area contributed by atoms with Gasteiger partial charge in [-0.25, -0.2) is 4.68 Å². The van der Waals surface area contributed by atoms with Gasteiger partial charge in [0.05, 0.1) is 7.11 Å². The fraction of sp³-hybridized carbons (Fsp3) is 0.667. The molecule has 1 amide bonds. The molecule has 0 aliphatic heterocycles. The Balaban J connectivity index is 2.27. The number of amides is 1. The first-order valence-electron chi connectivity index (χ1n) is 6.16. The SMILES string of the molecule is COc1cc(C(=O)NCCCCCCO)nn1C. The molecule has 0 radical (unpaired) electrons. The number of aryl methyl sites for hydroxylation is 1. The number of aliphatic hydroxyl groups excluding tert-OH is 1. The highest BCUT2D eigenvalue weighted by molar-refractivity contribution is 5.92. The van der Waals surface area contributed by atoms with E-state index in [9.17, 15) is 4.79 Å². The van der Waals surface area contributed by atoms with Crippen molar-refractivity contribution in [2.75, 3.05) is 20.3 Å². The second-order valence-corrected chi connectivity index (χ2v) is 4.09. The van der Waals surface area contributed by atoms with Crippen LogP contribution in [0.4, 0.5) is 0 Å². The number of nitrogens with one attached hydrogen (secondary N) is 1. The van der Waals surface area contributed by atoms with Crippen LogP contribution in [0, 0.1) is 0 Å². The topological polar surface area (TPSA) is 76.4 Å². The molecule has 0 fully saturated rings. The molecule has 0 aliphatic rings. The smallest absolute Gasteiger partial charge is 0.271 e. The number of ether oxygens (including phenoxy) is 1. The van der Waals surface area contributed by atoms with Gasteiger partial charge in [0, 0.05) is 26.3 Å². The lowest BCUT2D eigenvalue weighted by Crippen LogP contribution is -2.25. The van der Waals surface area contributed by atoms with Gasteiger partial charge in [0.2, 0.25) is 5.88 Å². The summed E-state index contributed by atoms with van der Waals surface area (Å²) in [5, 5.41) is 15.5. The lowest BCUT2D eigenvalue weighted by Gasteiger charge is -2.02. The summed E-state index contributed by atoms with van der Waals surface area (Å²) in [4.78, 5) is 11.7. The monoisotopic (exact) mass is 255 g/mol. The number of hydrogen-bond acceptors (Lipinski definition) is 4. The molecule has 0 aliphatic carbocycles. The Morgan fingerprint density at radius 2 is 2.17 bits per heavy atom. The number of carbonyl (C=O) groups is 1. The molecule has 0 spiro atoms. The second kappa shape index (κ2) is 7.71. The van der Waals surface area contributed by atoms with E-state index < -0.39 is 0 Å². The maximum Gasteiger partial charge on any atom is 0.271 e. The van der Waals surface area contributed by atoms with E-state index >= 15 is 0 Å². The molecular formula is C12H21N3O3. The van der Waals surface area contributed by atoms with Crippen molar-refractivity contribution in [2.45, 2.75) is 25.7 Å². The first-order valence-corrected chi connectivity index (χ1v) is 6.16. The third-order valence-corrected chi connectivity index (χ3v) is 2.65. The van der Waals surface area contributed by atoms with Crippen LogP contribution in [0.5, 0.6) is 5.88 Å². The Morgan fingerprint density at radius 3 is 2.78 bits per heavy atom. The molecule has 0 bridgehead atoms. The van der Waals surface area contributed by atoms with Gasteiger partial charge >= 0.3 is 0 Å². The molecule has 1 aromatic rings. The number of carbonyl (C=O) groups excluding carboxylic acids is 1. The molecule has 0 atom stereocenters. The van der Waals surface area contributed by atoms with Gasteiger partial charge in [-0.05, 0) is 12.8 Å². The van der Waals surface area contributed by atoms with Crippen LogP contribution in [0.15, 0.2) is 6.07 Å². The summed E-state index contributed by atoms with van der Waals surface area (Å²) in [6, 6.07) is 1.61. The predicted octanol–water partition coefficient (Wildman–Crippen LogP) is 0.711. The first-order chi connectivity index (χ1) is 8.69. The summed E-state index contributed by atoms with van der Waals surface area (Å²) in [6.45, 7) is 0.864. The highest BCUT2D eigenvalue weighted by atomic mass is 16.5. The van der Waals surface area contributed by atoms with E-state index in [2.05, 4.69) is 10.4 Å². The van der Waals surface area contributed by atoms with Crippen molar-refractivity contribution in [1.29, 1.82) is 0 Å². The quantitative estimate of drug-likeness (QED) is 0.671. The Labute approximate surface area is 107 Å². The van der Waals surface area contributed by atoms with Crippen molar-refractivity contribution in [3.05, 3.63) is 11.8 Å². The van der Waals surface area contributed by atoms with Crippen LogP contribution in [0.3, 0.4) is 0 Å². The van der Waals surface area contributed by atoms with Crippen LogP contribution in [0.1, 0.15) is 36.2 Å². The minimum absolute atomic E-state index is 0.184. The van der Waals surface area contributed by atoms with E-state index in [1.165, 1.54) is 4.68 Å². The maximum atomic E-state index is 11.7. The maximum absolute atomic E-state index is 11.7. The van der Waals surface area contributed by atoms with Gasteiger partial charge in [-0.15, -0.1) is 0 Å². The Bertz CT molecular complexity index is 377. The van der Waals surface area contributed by atoms with Crippen LogP contribution in [0.2, 0.25) is 0 Å². The molecule has 6 nitrogen and oxygen atoms in total. The normalized spacial score (nSPS) is 10.4. The van der Waals surface area contributed by atoms with E-state index in [1.807, 2.05) is 0 Å². The first kappa shape index (κ1) is 14.5. The third kappa shape index (κ3) is 4.37. The molecule has 102 valence electrons. The number of hydrogen-bond donors (Lipinski definition) is 2. The molecule has 1 aromatic heterocycles. The minimum atomic E-state index is -0.184. The van der Waals surface area contributed by atoms with Gasteiger partial charge in [-0.2, -0.15) is 5.10 Å². The number of aromatic nitrogens is 2. The molecule has 0 saturated carbocycles. The fourth-order valence-electron chi connectivity index (χ4n) is 1.63. The summed E-state index contributed by atoms with van der Waals surface area (Å²) in [5.74, 6) is 0.374. The van der Waals surface area contributed by atoms with Crippen molar-refractivity contribution >= 4 is 5.91 Å². The van der Waals surface area contributed by atoms with E-state index in [4.69, 9.17) is 9.84 Å². The Morgan fingerprint density at radius 1 is 1.44 bits per heavy atom. The zero-order valence-corrected chi connectivity index (χ0v) is 11.0. The summed E-state index contributed by atoms with van der Waals surface area (Å²) in [7, 11) is 3.27. The van der Waals surface area contributed by atoms with Gasteiger partial charge in [0.15, 0.2) is 5.69 Å². The lowest BCUT2D eigenvalue weighted by molar-refractivity contribution is 0.0947. The number of rotatable bonds is 8. The molecular weight excluding hydrogens is 234 g/mol. The molecule has 6 heteroatoms. The van der Waals surface area contributed by atoms with E-state index in [1.54, 1.807) is 20.2 Å². The molecule has 0 aromatic carbocycles. The van der Waals surface area contributed by atoms with Crippen LogP contribution in [-0.2, 0) is 7.05 Å². The zero-order valence-electron chi connectivity index (χ0n) is 11.0. The molecule has 1 rings (SSSR count). The summed E-state index contributed by atoms with van der Waals surface area (Å²) in [6.07, 6.45) is 3.73. The van der Waals surface area contributed by atoms with Gasteiger partial charge < -0.3 is 15.2 Å². The van der Waals surface area contributed by atoms with Gasteiger partial charge in [0.25, 0.3) is 5.91 Å². The molecule has 2 N–H and O–H groups in total. The second-order valence-electron chi connectivity index (χ2n) is 4.09. The van der Waals surface area contributed by atoms with Crippen LogP contribution < -0.4 is 10.1 Å². The number of methoxy groups -OCH3 is 1. The van der Waals surface area contributed by atoms with Crippen molar-refractivity contribution in [1.82, 2.24) is 15.1 Å². The van der Waals surface area contributed by atoms with Crippen LogP contribution >= 0.6 is 0 Å². The lowest BCUT2D eigenvalue weighted by atomic mass is 10.2. The van der Waals surface area contributed by atoms with E-state index in [0.29, 0.717) is 18.1 Å². The Kier molecular flexibility index (Phi) is 6.21. The number of nitrogens with zero attached hydrogens (tertiary/aromatic N) is 2. The average Bonchev–Trinajstić information content (AvgIpc) is 2.74.